The predicted molar refractivity (Wildman–Crippen MR) is 280 cm³/mol. The molecule has 2 atom stereocenters. The van der Waals surface area contributed by atoms with Crippen LogP contribution in [0.1, 0.15) is 51.8 Å². The van der Waals surface area contributed by atoms with Gasteiger partial charge in [-0.3, -0.25) is 0 Å². The van der Waals surface area contributed by atoms with E-state index in [1.165, 1.54) is 79.2 Å². The summed E-state index contributed by atoms with van der Waals surface area (Å²) in [5.74, 6) is 4.59. The van der Waals surface area contributed by atoms with Crippen molar-refractivity contribution >= 4 is 65.4 Å². The van der Waals surface area contributed by atoms with E-state index in [4.69, 9.17) is 15.0 Å². The Hall–Kier alpha value is -7.83. The van der Waals surface area contributed by atoms with Crippen LogP contribution in [-0.2, 0) is 5.41 Å². The lowest BCUT2D eigenvalue weighted by Crippen LogP contribution is -2.40. The van der Waals surface area contributed by atoms with Gasteiger partial charge in [0.05, 0.1) is 33.1 Å². The van der Waals surface area contributed by atoms with E-state index in [2.05, 4.69) is 216 Å². The highest BCUT2D eigenvalue weighted by Gasteiger charge is 2.44. The normalized spacial score (nSPS) is 19.5. The van der Waals surface area contributed by atoms with Crippen LogP contribution in [0.2, 0.25) is 0 Å². The highest BCUT2D eigenvalue weighted by molar-refractivity contribution is 6.40. The lowest BCUT2D eigenvalue weighted by Gasteiger charge is -2.46. The molecule has 2 bridgehead atoms. The van der Waals surface area contributed by atoms with E-state index in [1.54, 1.807) is 0 Å². The van der Waals surface area contributed by atoms with E-state index in [-0.39, 0.29) is 5.41 Å². The van der Waals surface area contributed by atoms with Gasteiger partial charge in [-0.1, -0.05) is 147 Å². The van der Waals surface area contributed by atoms with Crippen molar-refractivity contribution in [2.75, 3.05) is 0 Å². The van der Waals surface area contributed by atoms with Gasteiger partial charge in [-0.15, -0.1) is 0 Å². The van der Waals surface area contributed by atoms with Crippen molar-refractivity contribution in [3.63, 3.8) is 0 Å². The van der Waals surface area contributed by atoms with Gasteiger partial charge in [0.15, 0.2) is 11.6 Å². The smallest absolute Gasteiger partial charge is 0.163 e. The summed E-state index contributed by atoms with van der Waals surface area (Å²) in [4.78, 5) is 16.2. The van der Waals surface area contributed by atoms with E-state index in [1.807, 2.05) is 0 Å². The minimum Gasteiger partial charge on any atom is -0.308 e. The zero-order valence-electron chi connectivity index (χ0n) is 38.3. The molecular formula is C62H50N6. The molecule has 0 N–H and O–H groups in total. The number of fused-ring (bicyclic) bond motifs is 14. The lowest BCUT2D eigenvalue weighted by atomic mass is 9.59. The maximum Gasteiger partial charge on any atom is 0.163 e. The number of aromatic nitrogens is 6. The van der Waals surface area contributed by atoms with E-state index < -0.39 is 0 Å². The second-order valence-corrected chi connectivity index (χ2v) is 20.1. The number of nitrogens with zero attached hydrogens (tertiary/aromatic N) is 6. The molecule has 6 heteroatoms. The third-order valence-corrected chi connectivity index (χ3v) is 15.5. The fourth-order valence-electron chi connectivity index (χ4n) is 13.2. The van der Waals surface area contributed by atoms with Crippen molar-refractivity contribution in [1.29, 1.82) is 0 Å². The Morgan fingerprint density at radius 2 is 0.809 bits per heavy atom. The molecule has 2 fully saturated rings. The number of hydrogen-bond donors (Lipinski definition) is 0. The molecule has 8 aromatic carbocycles. The van der Waals surface area contributed by atoms with Crippen molar-refractivity contribution in [2.24, 2.45) is 17.8 Å². The Balaban J connectivity index is 1.10. The second-order valence-electron chi connectivity index (χ2n) is 20.1. The minimum atomic E-state index is -0.124. The summed E-state index contributed by atoms with van der Waals surface area (Å²) in [7, 11) is 0. The van der Waals surface area contributed by atoms with E-state index in [0.717, 1.165) is 69.9 Å². The Morgan fingerprint density at radius 1 is 0.412 bits per heavy atom. The number of para-hydroxylation sites is 5. The van der Waals surface area contributed by atoms with Crippen LogP contribution in [0.3, 0.4) is 0 Å². The van der Waals surface area contributed by atoms with Crippen LogP contribution in [-0.4, -0.2) is 28.7 Å². The Labute approximate surface area is 395 Å². The molecule has 328 valence electrons. The summed E-state index contributed by atoms with van der Waals surface area (Å²) in [5.41, 5.74) is 12.2. The van der Waals surface area contributed by atoms with Crippen LogP contribution >= 0.6 is 0 Å². The largest absolute Gasteiger partial charge is 0.308 e. The standard InChI is InChI=1S/C62H50N6/c1-39-33-40-35-41(34-39)38-62(2,37-40)61-64-59(42-19-6-3-7-20-42)63-60(65-61)43-21-18-26-46(36-43)68-52-32-17-14-29-49(52)55-57-53(47-27-12-15-30-50(47)66(57)44-22-8-4-9-23-44)56-54(58(55)68)48-28-13-16-31-51(48)67(56)45-24-10-5-11-25-45/h3-32,36,39-41H,33-35,37-38H2,1-2H3. The van der Waals surface area contributed by atoms with Gasteiger partial charge in [0.25, 0.3) is 0 Å². The van der Waals surface area contributed by atoms with Gasteiger partial charge >= 0.3 is 0 Å². The molecule has 0 aliphatic heterocycles. The summed E-state index contributed by atoms with van der Waals surface area (Å²) in [6.07, 6.45) is 6.17. The fraction of sp³-hybridized carbons (Fsp3) is 0.177. The van der Waals surface area contributed by atoms with Crippen LogP contribution in [0, 0.1) is 17.8 Å². The molecule has 0 saturated heterocycles. The van der Waals surface area contributed by atoms with Gasteiger partial charge in [-0.25, -0.2) is 15.0 Å². The van der Waals surface area contributed by atoms with Gasteiger partial charge < -0.3 is 13.7 Å². The first-order chi connectivity index (χ1) is 33.5. The molecule has 2 aliphatic carbocycles. The summed E-state index contributed by atoms with van der Waals surface area (Å²) >= 11 is 0. The highest BCUT2D eigenvalue weighted by Crippen LogP contribution is 2.52. The molecule has 0 spiro atoms. The van der Waals surface area contributed by atoms with Gasteiger partial charge in [0.1, 0.15) is 5.82 Å². The van der Waals surface area contributed by atoms with E-state index >= 15 is 0 Å². The van der Waals surface area contributed by atoms with E-state index in [0.29, 0.717) is 11.8 Å². The van der Waals surface area contributed by atoms with Crippen molar-refractivity contribution in [2.45, 2.75) is 51.4 Å². The first-order valence-corrected chi connectivity index (χ1v) is 24.4. The molecule has 68 heavy (non-hydrogen) atoms. The van der Waals surface area contributed by atoms with Crippen molar-refractivity contribution < 1.29 is 0 Å². The molecule has 2 aliphatic rings. The number of hydrogen-bond acceptors (Lipinski definition) is 3. The molecule has 2 unspecified atom stereocenters. The molecule has 2 saturated carbocycles. The quantitative estimate of drug-likeness (QED) is 0.167. The first kappa shape index (κ1) is 39.3. The highest BCUT2D eigenvalue weighted by atomic mass is 15.1. The van der Waals surface area contributed by atoms with Crippen molar-refractivity contribution in [3.05, 3.63) is 194 Å². The SMILES string of the molecule is CC1CC2CC(C1)CC(C)(c1nc(-c3ccccc3)nc(-c3cccc(-n4c5ccccc5c5c6c(c7ccccc7n6-c6ccccc6)c6c(c7ccccc7n6-c6ccccc6)c54)c3)n1)C2. The van der Waals surface area contributed by atoms with Crippen LogP contribution in [0.25, 0.3) is 105 Å². The molecule has 14 rings (SSSR count). The molecule has 4 aromatic heterocycles. The van der Waals surface area contributed by atoms with Gasteiger partial charge in [-0.2, -0.15) is 0 Å². The average molecular weight is 879 g/mol. The third kappa shape index (κ3) is 5.92. The average Bonchev–Trinajstić information content (AvgIpc) is 4.03. The first-order valence-electron chi connectivity index (χ1n) is 24.4. The Bertz CT molecular complexity index is 3850. The Morgan fingerprint density at radius 3 is 1.31 bits per heavy atom. The molecular weight excluding hydrogens is 829 g/mol. The summed E-state index contributed by atoms with van der Waals surface area (Å²) in [5, 5.41) is 7.33. The molecule has 0 radical (unpaired) electrons. The van der Waals surface area contributed by atoms with Crippen LogP contribution < -0.4 is 0 Å². The summed E-state index contributed by atoms with van der Waals surface area (Å²) in [6, 6.07) is 68.1. The fourth-order valence-corrected chi connectivity index (χ4v) is 13.2. The van der Waals surface area contributed by atoms with Crippen molar-refractivity contribution in [3.8, 4) is 39.8 Å². The minimum absolute atomic E-state index is 0.124. The number of rotatable bonds is 6. The van der Waals surface area contributed by atoms with Gasteiger partial charge in [0, 0.05) is 65.9 Å². The predicted octanol–water partition coefficient (Wildman–Crippen LogP) is 15.6. The number of benzene rings is 8. The zero-order chi connectivity index (χ0) is 45.1. The molecule has 4 heterocycles. The topological polar surface area (TPSA) is 53.5 Å². The maximum absolute atomic E-state index is 5.52. The van der Waals surface area contributed by atoms with Gasteiger partial charge in [0.2, 0.25) is 0 Å². The third-order valence-electron chi connectivity index (χ3n) is 15.5. The summed E-state index contributed by atoms with van der Waals surface area (Å²) in [6.45, 7) is 4.87. The monoisotopic (exact) mass is 878 g/mol. The molecule has 0 amide bonds. The Kier molecular flexibility index (Phi) is 8.73. The van der Waals surface area contributed by atoms with Gasteiger partial charge in [-0.05, 0) is 104 Å². The van der Waals surface area contributed by atoms with E-state index in [9.17, 15) is 0 Å². The lowest BCUT2D eigenvalue weighted by molar-refractivity contribution is 0.0857. The second kappa shape index (κ2) is 15.1. The zero-order valence-corrected chi connectivity index (χ0v) is 38.3. The summed E-state index contributed by atoms with van der Waals surface area (Å²) < 4.78 is 7.53. The maximum atomic E-state index is 5.52. The van der Waals surface area contributed by atoms with Crippen LogP contribution in [0.5, 0.6) is 0 Å². The molecule has 12 aromatic rings. The van der Waals surface area contributed by atoms with Crippen LogP contribution in [0.4, 0.5) is 0 Å². The molecule has 6 nitrogen and oxygen atoms in total. The van der Waals surface area contributed by atoms with Crippen molar-refractivity contribution in [1.82, 2.24) is 28.7 Å². The van der Waals surface area contributed by atoms with Crippen LogP contribution in [0.15, 0.2) is 188 Å².